The average molecular weight is 345 g/mol. The third-order valence-corrected chi connectivity index (χ3v) is 5.25. The molecule has 2 N–H and O–H groups in total. The van der Waals surface area contributed by atoms with E-state index in [1.807, 2.05) is 37.3 Å². The van der Waals surface area contributed by atoms with Gasteiger partial charge in [0.15, 0.2) is 0 Å². The molecule has 5 heteroatoms. The molecule has 0 atom stereocenters. The molecule has 1 aliphatic heterocycles. The molecule has 0 saturated heterocycles. The van der Waals surface area contributed by atoms with Crippen LogP contribution < -0.4 is 15.2 Å². The van der Waals surface area contributed by atoms with Crippen LogP contribution in [0.15, 0.2) is 47.3 Å². The smallest absolute Gasteiger partial charge is 0.252 e. The van der Waals surface area contributed by atoms with Gasteiger partial charge in [-0.2, -0.15) is 0 Å². The van der Waals surface area contributed by atoms with E-state index in [1.165, 1.54) is 0 Å². The number of hydrogen-bond acceptors (Lipinski definition) is 3. The molecule has 0 fully saturated rings. The number of ether oxygens (including phenoxy) is 1. The molecule has 26 heavy (non-hydrogen) atoms. The summed E-state index contributed by atoms with van der Waals surface area (Å²) in [6.07, 6.45) is 0. The van der Waals surface area contributed by atoms with Gasteiger partial charge in [-0.15, -0.1) is 0 Å². The van der Waals surface area contributed by atoms with Crippen molar-refractivity contribution in [2.45, 2.75) is 6.92 Å². The maximum absolute atomic E-state index is 12.6. The predicted molar refractivity (Wildman–Crippen MR) is 105 cm³/mol. The normalized spacial score (nSPS) is 13.8. The number of aromatic amines is 2. The van der Waals surface area contributed by atoms with E-state index in [-0.39, 0.29) is 5.56 Å². The van der Waals surface area contributed by atoms with E-state index in [0.29, 0.717) is 12.2 Å². The number of pyridine rings is 1. The van der Waals surface area contributed by atoms with E-state index in [2.05, 4.69) is 34.0 Å². The van der Waals surface area contributed by atoms with Crippen molar-refractivity contribution < 1.29 is 4.74 Å². The van der Waals surface area contributed by atoms with Crippen molar-refractivity contribution in [2.75, 3.05) is 25.1 Å². The van der Waals surface area contributed by atoms with Gasteiger partial charge in [0.05, 0.1) is 23.3 Å². The molecule has 0 radical (unpaired) electrons. The Labute approximate surface area is 150 Å². The van der Waals surface area contributed by atoms with Crippen LogP contribution in [0.5, 0.6) is 5.75 Å². The van der Waals surface area contributed by atoms with Gasteiger partial charge in [-0.05, 0) is 30.7 Å². The summed E-state index contributed by atoms with van der Waals surface area (Å²) in [6.45, 7) is 3.41. The third kappa shape index (κ3) is 2.07. The van der Waals surface area contributed by atoms with E-state index in [0.717, 1.165) is 51.0 Å². The number of hydrogen-bond donors (Lipinski definition) is 2. The van der Waals surface area contributed by atoms with Crippen LogP contribution in [0, 0.1) is 6.92 Å². The highest BCUT2D eigenvalue weighted by molar-refractivity contribution is 6.10. The molecule has 0 spiro atoms. The second-order valence-electron chi connectivity index (χ2n) is 6.83. The molecule has 0 unspecified atom stereocenters. The number of nitrogens with zero attached hydrogens (tertiary/aromatic N) is 1. The highest BCUT2D eigenvalue weighted by Crippen LogP contribution is 2.38. The minimum Gasteiger partial charge on any atom is -0.490 e. The van der Waals surface area contributed by atoms with Crippen LogP contribution in [0.25, 0.3) is 33.1 Å². The van der Waals surface area contributed by atoms with Crippen molar-refractivity contribution in [3.8, 4) is 16.9 Å². The molecule has 5 rings (SSSR count). The van der Waals surface area contributed by atoms with Crippen LogP contribution in [0.2, 0.25) is 0 Å². The standard InChI is InChI=1S/C21H19N3O2/c1-12-18(13-7-8-16-17(11-13)26-10-9-24(16)2)20-19(23-21(12)25)14-5-3-4-6-15(14)22-20/h3-8,11,22H,9-10H2,1-2H3,(H,23,25). The molecule has 130 valence electrons. The minimum absolute atomic E-state index is 0.0620. The molecular formula is C21H19N3O2. The van der Waals surface area contributed by atoms with Crippen LogP contribution in [0.4, 0.5) is 5.69 Å². The number of H-pyrrole nitrogens is 2. The molecule has 0 aliphatic carbocycles. The number of nitrogens with one attached hydrogen (secondary N) is 2. The molecule has 0 amide bonds. The van der Waals surface area contributed by atoms with Crippen LogP contribution in [-0.2, 0) is 0 Å². The fraction of sp³-hybridized carbons (Fsp3) is 0.190. The highest BCUT2D eigenvalue weighted by Gasteiger charge is 2.19. The summed E-state index contributed by atoms with van der Waals surface area (Å²) < 4.78 is 5.86. The van der Waals surface area contributed by atoms with Gasteiger partial charge < -0.3 is 19.6 Å². The van der Waals surface area contributed by atoms with Gasteiger partial charge in [-0.3, -0.25) is 4.79 Å². The first-order chi connectivity index (χ1) is 12.6. The zero-order valence-corrected chi connectivity index (χ0v) is 14.7. The monoisotopic (exact) mass is 345 g/mol. The zero-order chi connectivity index (χ0) is 17.8. The number of rotatable bonds is 1. The van der Waals surface area contributed by atoms with E-state index in [1.54, 1.807) is 0 Å². The summed E-state index contributed by atoms with van der Waals surface area (Å²) in [4.78, 5) is 21.3. The molecule has 5 nitrogen and oxygen atoms in total. The fourth-order valence-electron chi connectivity index (χ4n) is 3.84. The van der Waals surface area contributed by atoms with Gasteiger partial charge in [0, 0.05) is 29.1 Å². The summed E-state index contributed by atoms with van der Waals surface area (Å²) in [7, 11) is 2.06. The topological polar surface area (TPSA) is 61.1 Å². The highest BCUT2D eigenvalue weighted by atomic mass is 16.5. The Balaban J connectivity index is 1.84. The van der Waals surface area contributed by atoms with Crippen LogP contribution in [0.3, 0.4) is 0 Å². The Hall–Kier alpha value is -3.21. The van der Waals surface area contributed by atoms with Crippen LogP contribution >= 0.6 is 0 Å². The van der Waals surface area contributed by atoms with E-state index in [9.17, 15) is 4.79 Å². The molecule has 2 aromatic carbocycles. The SMILES string of the molecule is Cc1c(-c2ccc3c(c2)OCCN3C)c2[nH]c3ccccc3c2[nH]c1=O. The van der Waals surface area contributed by atoms with Crippen LogP contribution in [-0.4, -0.2) is 30.2 Å². The second kappa shape index (κ2) is 5.39. The lowest BCUT2D eigenvalue weighted by Gasteiger charge is -2.28. The maximum Gasteiger partial charge on any atom is 0.252 e. The lowest BCUT2D eigenvalue weighted by atomic mass is 9.99. The van der Waals surface area contributed by atoms with Gasteiger partial charge in [0.1, 0.15) is 12.4 Å². The molecule has 0 bridgehead atoms. The van der Waals surface area contributed by atoms with Crippen molar-refractivity contribution in [1.29, 1.82) is 0 Å². The number of likely N-dealkylation sites (N-methyl/N-ethyl adjacent to an activating group) is 1. The van der Waals surface area contributed by atoms with Gasteiger partial charge in [-0.25, -0.2) is 0 Å². The summed E-state index contributed by atoms with van der Waals surface area (Å²) in [5.74, 6) is 0.861. The fourth-order valence-corrected chi connectivity index (χ4v) is 3.84. The Kier molecular flexibility index (Phi) is 3.13. The Morgan fingerprint density at radius 1 is 1.08 bits per heavy atom. The summed E-state index contributed by atoms with van der Waals surface area (Å²) in [5, 5.41) is 1.02. The first-order valence-electron chi connectivity index (χ1n) is 8.75. The number of benzene rings is 2. The Morgan fingerprint density at radius 3 is 2.81 bits per heavy atom. The van der Waals surface area contributed by atoms with Gasteiger partial charge >= 0.3 is 0 Å². The first-order valence-corrected chi connectivity index (χ1v) is 8.75. The van der Waals surface area contributed by atoms with Crippen molar-refractivity contribution in [3.05, 3.63) is 58.4 Å². The largest absolute Gasteiger partial charge is 0.490 e. The van der Waals surface area contributed by atoms with E-state index < -0.39 is 0 Å². The van der Waals surface area contributed by atoms with Crippen molar-refractivity contribution in [2.24, 2.45) is 0 Å². The van der Waals surface area contributed by atoms with Crippen molar-refractivity contribution in [3.63, 3.8) is 0 Å². The summed E-state index contributed by atoms with van der Waals surface area (Å²) in [5.41, 5.74) is 6.45. The van der Waals surface area contributed by atoms with E-state index >= 15 is 0 Å². The lowest BCUT2D eigenvalue weighted by molar-refractivity contribution is 0.311. The number of para-hydroxylation sites is 1. The summed E-state index contributed by atoms with van der Waals surface area (Å²) in [6, 6.07) is 14.2. The third-order valence-electron chi connectivity index (χ3n) is 5.25. The zero-order valence-electron chi connectivity index (χ0n) is 14.7. The predicted octanol–water partition coefficient (Wildman–Crippen LogP) is 3.81. The molecule has 1 aliphatic rings. The maximum atomic E-state index is 12.6. The number of fused-ring (bicyclic) bond motifs is 4. The Morgan fingerprint density at radius 2 is 1.92 bits per heavy atom. The molecule has 3 heterocycles. The van der Waals surface area contributed by atoms with E-state index in [4.69, 9.17) is 4.74 Å². The average Bonchev–Trinajstić information content (AvgIpc) is 3.00. The van der Waals surface area contributed by atoms with Crippen molar-refractivity contribution in [1.82, 2.24) is 9.97 Å². The second-order valence-corrected chi connectivity index (χ2v) is 6.83. The molecule has 0 saturated carbocycles. The van der Waals surface area contributed by atoms with Crippen molar-refractivity contribution >= 4 is 27.6 Å². The number of aromatic nitrogens is 2. The quantitative estimate of drug-likeness (QED) is 0.551. The van der Waals surface area contributed by atoms with Gasteiger partial charge in [0.25, 0.3) is 5.56 Å². The van der Waals surface area contributed by atoms with Gasteiger partial charge in [0.2, 0.25) is 0 Å². The van der Waals surface area contributed by atoms with Gasteiger partial charge in [-0.1, -0.05) is 24.3 Å². The van der Waals surface area contributed by atoms with Crippen LogP contribution in [0.1, 0.15) is 5.56 Å². The lowest BCUT2D eigenvalue weighted by Crippen LogP contribution is -2.28. The first kappa shape index (κ1) is 15.1. The number of anilines is 1. The Bertz CT molecular complexity index is 1220. The molecule has 4 aromatic rings. The molecular weight excluding hydrogens is 326 g/mol. The molecule has 2 aromatic heterocycles. The summed E-state index contributed by atoms with van der Waals surface area (Å²) >= 11 is 0. The minimum atomic E-state index is -0.0620.